The summed E-state index contributed by atoms with van der Waals surface area (Å²) in [5.74, 6) is 2.58. The van der Waals surface area contributed by atoms with E-state index in [4.69, 9.17) is 6.42 Å². The molecule has 0 aliphatic rings. The first-order chi connectivity index (χ1) is 7.15. The minimum absolute atomic E-state index is 0.407. The Bertz CT molecular complexity index is 365. The zero-order valence-corrected chi connectivity index (χ0v) is 10.4. The maximum Gasteiger partial charge on any atom is 0.0793 e. The highest BCUT2D eigenvalue weighted by molar-refractivity contribution is 9.10. The smallest absolute Gasteiger partial charge is 0.0793 e. The number of hydrogen-bond acceptors (Lipinski definition) is 1. The van der Waals surface area contributed by atoms with Gasteiger partial charge in [0.25, 0.3) is 0 Å². The van der Waals surface area contributed by atoms with Gasteiger partial charge in [0, 0.05) is 10.9 Å². The number of benzene rings is 1. The molecule has 1 aromatic carbocycles. The van der Waals surface area contributed by atoms with E-state index in [1.807, 2.05) is 25.1 Å². The van der Waals surface area contributed by atoms with Crippen LogP contribution in [0.25, 0.3) is 0 Å². The van der Waals surface area contributed by atoms with Crippen molar-refractivity contribution >= 4 is 15.9 Å². The molecule has 0 heterocycles. The van der Waals surface area contributed by atoms with Crippen LogP contribution in [0.3, 0.4) is 0 Å². The summed E-state index contributed by atoms with van der Waals surface area (Å²) in [5, 5.41) is 9.96. The van der Waals surface area contributed by atoms with Crippen LogP contribution in [0.5, 0.6) is 0 Å². The number of aliphatic hydroxyl groups excluding tert-OH is 1. The van der Waals surface area contributed by atoms with Gasteiger partial charge in [0.1, 0.15) is 0 Å². The third kappa shape index (κ3) is 3.70. The van der Waals surface area contributed by atoms with E-state index in [9.17, 15) is 5.11 Å². The van der Waals surface area contributed by atoms with Crippen molar-refractivity contribution in [2.45, 2.75) is 32.3 Å². The minimum atomic E-state index is -0.407. The fourth-order valence-electron chi connectivity index (χ4n) is 1.52. The lowest BCUT2D eigenvalue weighted by atomic mass is 9.99. The molecule has 1 atom stereocenters. The fraction of sp³-hybridized carbons (Fsp3) is 0.385. The Morgan fingerprint density at radius 3 is 2.93 bits per heavy atom. The molecule has 0 amide bonds. The second-order valence-electron chi connectivity index (χ2n) is 3.61. The van der Waals surface area contributed by atoms with Gasteiger partial charge in [0.05, 0.1) is 6.10 Å². The average molecular weight is 267 g/mol. The van der Waals surface area contributed by atoms with E-state index >= 15 is 0 Å². The van der Waals surface area contributed by atoms with Gasteiger partial charge in [0.15, 0.2) is 0 Å². The highest BCUT2D eigenvalue weighted by atomic mass is 79.9. The largest absolute Gasteiger partial charge is 0.388 e. The monoisotopic (exact) mass is 266 g/mol. The highest BCUT2D eigenvalue weighted by Gasteiger charge is 2.09. The Morgan fingerprint density at radius 1 is 1.53 bits per heavy atom. The Balaban J connectivity index is 2.69. The zero-order chi connectivity index (χ0) is 11.3. The van der Waals surface area contributed by atoms with Gasteiger partial charge in [-0.15, -0.1) is 12.3 Å². The van der Waals surface area contributed by atoms with E-state index < -0.39 is 6.10 Å². The average Bonchev–Trinajstić information content (AvgIpc) is 2.22. The van der Waals surface area contributed by atoms with Crippen LogP contribution in [0.15, 0.2) is 22.7 Å². The predicted molar refractivity (Wildman–Crippen MR) is 66.5 cm³/mol. The second-order valence-corrected chi connectivity index (χ2v) is 4.53. The number of aliphatic hydroxyl groups is 1. The first kappa shape index (κ1) is 12.3. The van der Waals surface area contributed by atoms with Gasteiger partial charge in [0.2, 0.25) is 0 Å². The quantitative estimate of drug-likeness (QED) is 0.652. The summed E-state index contributed by atoms with van der Waals surface area (Å²) in [6.07, 6.45) is 7.08. The Kier molecular flexibility index (Phi) is 4.87. The number of halogens is 1. The molecule has 1 nitrogen and oxygen atoms in total. The van der Waals surface area contributed by atoms with Crippen molar-refractivity contribution < 1.29 is 5.11 Å². The lowest BCUT2D eigenvalue weighted by molar-refractivity contribution is 0.164. The van der Waals surface area contributed by atoms with Crippen LogP contribution in [0, 0.1) is 19.3 Å². The van der Waals surface area contributed by atoms with Crippen LogP contribution in [0.4, 0.5) is 0 Å². The molecule has 15 heavy (non-hydrogen) atoms. The van der Waals surface area contributed by atoms with Crippen LogP contribution in [0.2, 0.25) is 0 Å². The van der Waals surface area contributed by atoms with E-state index in [1.165, 1.54) is 0 Å². The lowest BCUT2D eigenvalue weighted by Gasteiger charge is -2.13. The maximum atomic E-state index is 9.96. The molecule has 0 fully saturated rings. The van der Waals surface area contributed by atoms with Crippen molar-refractivity contribution in [1.29, 1.82) is 0 Å². The topological polar surface area (TPSA) is 20.2 Å². The summed E-state index contributed by atoms with van der Waals surface area (Å²) in [5.41, 5.74) is 2.10. The van der Waals surface area contributed by atoms with Crippen molar-refractivity contribution in [3.63, 3.8) is 0 Å². The van der Waals surface area contributed by atoms with Crippen LogP contribution < -0.4 is 0 Å². The number of unbranched alkanes of at least 4 members (excludes halogenated alkanes) is 1. The molecule has 0 saturated carbocycles. The third-order valence-electron chi connectivity index (χ3n) is 2.40. The maximum absolute atomic E-state index is 9.96. The SMILES string of the molecule is C#CCCCC(O)c1cc(Br)ccc1C. The minimum Gasteiger partial charge on any atom is -0.388 e. The molecule has 0 aliphatic carbocycles. The molecular formula is C13H15BrO. The van der Waals surface area contributed by atoms with Crippen LogP contribution in [-0.4, -0.2) is 5.11 Å². The van der Waals surface area contributed by atoms with Crippen LogP contribution in [0.1, 0.15) is 36.5 Å². The molecule has 2 heteroatoms. The zero-order valence-electron chi connectivity index (χ0n) is 8.83. The third-order valence-corrected chi connectivity index (χ3v) is 2.89. The Morgan fingerprint density at radius 2 is 2.27 bits per heavy atom. The summed E-state index contributed by atoms with van der Waals surface area (Å²) < 4.78 is 0.999. The Hall–Kier alpha value is -0.780. The normalized spacial score (nSPS) is 12.1. The molecule has 0 saturated heterocycles. The number of rotatable bonds is 4. The van der Waals surface area contributed by atoms with Crippen molar-refractivity contribution in [2.75, 3.05) is 0 Å². The fourth-order valence-corrected chi connectivity index (χ4v) is 1.90. The van der Waals surface area contributed by atoms with E-state index in [2.05, 4.69) is 21.9 Å². The predicted octanol–water partition coefficient (Wildman–Crippen LogP) is 3.59. The van der Waals surface area contributed by atoms with Gasteiger partial charge >= 0.3 is 0 Å². The van der Waals surface area contributed by atoms with Gasteiger partial charge in [-0.25, -0.2) is 0 Å². The summed E-state index contributed by atoms with van der Waals surface area (Å²) in [4.78, 5) is 0. The van der Waals surface area contributed by atoms with Gasteiger partial charge in [-0.2, -0.15) is 0 Å². The number of hydrogen-bond donors (Lipinski definition) is 1. The molecule has 0 aliphatic heterocycles. The summed E-state index contributed by atoms with van der Waals surface area (Å²) in [6.45, 7) is 2.01. The van der Waals surface area contributed by atoms with Crippen molar-refractivity contribution in [1.82, 2.24) is 0 Å². The molecule has 1 rings (SSSR count). The van der Waals surface area contributed by atoms with E-state index in [-0.39, 0.29) is 0 Å². The van der Waals surface area contributed by atoms with Gasteiger partial charge in [-0.3, -0.25) is 0 Å². The van der Waals surface area contributed by atoms with Crippen molar-refractivity contribution in [2.24, 2.45) is 0 Å². The summed E-state index contributed by atoms with van der Waals surface area (Å²) in [6, 6.07) is 5.95. The van der Waals surface area contributed by atoms with Gasteiger partial charge in [-0.1, -0.05) is 22.0 Å². The molecule has 1 N–H and O–H groups in total. The first-order valence-corrected chi connectivity index (χ1v) is 5.82. The van der Waals surface area contributed by atoms with Crippen LogP contribution in [-0.2, 0) is 0 Å². The van der Waals surface area contributed by atoms with Gasteiger partial charge in [-0.05, 0) is 43.0 Å². The Labute approximate surface area is 99.6 Å². The lowest BCUT2D eigenvalue weighted by Crippen LogP contribution is -2.00. The molecule has 1 aromatic rings. The van der Waals surface area contributed by atoms with Crippen molar-refractivity contribution in [3.8, 4) is 12.3 Å². The molecule has 0 spiro atoms. The molecule has 0 radical (unpaired) electrons. The second kappa shape index (κ2) is 5.95. The van der Waals surface area contributed by atoms with E-state index in [1.54, 1.807) is 0 Å². The first-order valence-electron chi connectivity index (χ1n) is 5.02. The van der Waals surface area contributed by atoms with E-state index in [0.29, 0.717) is 0 Å². The molecule has 0 bridgehead atoms. The summed E-state index contributed by atoms with van der Waals surface area (Å²) in [7, 11) is 0. The molecular weight excluding hydrogens is 252 g/mol. The molecule has 1 unspecified atom stereocenters. The van der Waals surface area contributed by atoms with Crippen molar-refractivity contribution in [3.05, 3.63) is 33.8 Å². The molecule has 0 aromatic heterocycles. The number of terminal acetylenes is 1. The standard InChI is InChI=1S/C13H15BrO/c1-3-4-5-6-13(15)12-9-11(14)8-7-10(12)2/h1,7-9,13,15H,4-6H2,2H3. The van der Waals surface area contributed by atoms with E-state index in [0.717, 1.165) is 34.9 Å². The van der Waals surface area contributed by atoms with Gasteiger partial charge < -0.3 is 5.11 Å². The number of aryl methyl sites for hydroxylation is 1. The molecule has 80 valence electrons. The highest BCUT2D eigenvalue weighted by Crippen LogP contribution is 2.25. The van der Waals surface area contributed by atoms with Crippen LogP contribution >= 0.6 is 15.9 Å². The summed E-state index contributed by atoms with van der Waals surface area (Å²) >= 11 is 3.40.